The van der Waals surface area contributed by atoms with Crippen LogP contribution in [0.4, 0.5) is 0 Å². The number of carbonyl (C=O) groups is 2. The fourth-order valence-corrected chi connectivity index (χ4v) is 1.43. The van der Waals surface area contributed by atoms with Gasteiger partial charge < -0.3 is 16.0 Å². The number of hydrogen-bond donors (Lipinski definition) is 2. The molecule has 1 aliphatic rings. The summed E-state index contributed by atoms with van der Waals surface area (Å²) in [5.74, 6) is -0.279. The van der Waals surface area contributed by atoms with Gasteiger partial charge in [-0.3, -0.25) is 9.59 Å². The molecule has 0 aromatic heterocycles. The van der Waals surface area contributed by atoms with Gasteiger partial charge in [-0.05, 0) is 13.3 Å². The highest BCUT2D eigenvalue weighted by molar-refractivity contribution is 5.90. The third-order valence-electron chi connectivity index (χ3n) is 2.22. The van der Waals surface area contributed by atoms with Gasteiger partial charge in [-0.1, -0.05) is 0 Å². The SMILES string of the molecule is C[C@H](N)C(=O)N(C)[C@H]1CCNC1=O. The molecule has 1 heterocycles. The molecule has 1 fully saturated rings. The fraction of sp³-hybridized carbons (Fsp3) is 0.750. The van der Waals surface area contributed by atoms with Gasteiger partial charge in [-0.15, -0.1) is 0 Å². The van der Waals surface area contributed by atoms with Gasteiger partial charge in [0.25, 0.3) is 0 Å². The average Bonchev–Trinajstić information content (AvgIpc) is 2.48. The molecule has 0 aromatic carbocycles. The van der Waals surface area contributed by atoms with E-state index in [1.807, 2.05) is 0 Å². The van der Waals surface area contributed by atoms with Gasteiger partial charge in [-0.25, -0.2) is 0 Å². The molecular weight excluding hydrogens is 170 g/mol. The molecule has 13 heavy (non-hydrogen) atoms. The number of rotatable bonds is 2. The summed E-state index contributed by atoms with van der Waals surface area (Å²) in [4.78, 5) is 24.0. The summed E-state index contributed by atoms with van der Waals surface area (Å²) in [7, 11) is 1.61. The number of hydrogen-bond acceptors (Lipinski definition) is 3. The smallest absolute Gasteiger partial charge is 0.242 e. The maximum atomic E-state index is 11.4. The lowest BCUT2D eigenvalue weighted by atomic mass is 10.2. The molecule has 0 aliphatic carbocycles. The van der Waals surface area contributed by atoms with E-state index in [0.717, 1.165) is 0 Å². The molecule has 0 bridgehead atoms. The second-order valence-electron chi connectivity index (χ2n) is 3.33. The molecule has 5 nitrogen and oxygen atoms in total. The standard InChI is InChI=1S/C8H15N3O2/c1-5(9)8(13)11(2)6-3-4-10-7(6)12/h5-6H,3-4,9H2,1-2H3,(H,10,12)/t5-,6-/m0/s1. The highest BCUT2D eigenvalue weighted by atomic mass is 16.2. The highest BCUT2D eigenvalue weighted by Gasteiger charge is 2.31. The number of nitrogens with two attached hydrogens (primary N) is 1. The molecule has 0 spiro atoms. The van der Waals surface area contributed by atoms with Crippen molar-refractivity contribution in [2.75, 3.05) is 13.6 Å². The topological polar surface area (TPSA) is 75.4 Å². The Morgan fingerprint density at radius 1 is 1.77 bits per heavy atom. The van der Waals surface area contributed by atoms with E-state index < -0.39 is 6.04 Å². The lowest BCUT2D eigenvalue weighted by Crippen LogP contribution is -2.47. The van der Waals surface area contributed by atoms with Crippen molar-refractivity contribution in [2.45, 2.75) is 25.4 Å². The van der Waals surface area contributed by atoms with E-state index >= 15 is 0 Å². The van der Waals surface area contributed by atoms with E-state index in [2.05, 4.69) is 5.32 Å². The quantitative estimate of drug-likeness (QED) is 0.560. The Kier molecular flexibility index (Phi) is 2.87. The Morgan fingerprint density at radius 2 is 2.38 bits per heavy atom. The minimum atomic E-state index is -0.543. The molecule has 2 atom stereocenters. The van der Waals surface area contributed by atoms with Gasteiger partial charge >= 0.3 is 0 Å². The van der Waals surface area contributed by atoms with Gasteiger partial charge in [-0.2, -0.15) is 0 Å². The molecule has 5 heteroatoms. The maximum absolute atomic E-state index is 11.4. The maximum Gasteiger partial charge on any atom is 0.242 e. The zero-order valence-corrected chi connectivity index (χ0v) is 7.91. The molecule has 1 saturated heterocycles. The predicted molar refractivity (Wildman–Crippen MR) is 47.8 cm³/mol. The van der Waals surface area contributed by atoms with Gasteiger partial charge in [0.1, 0.15) is 6.04 Å². The van der Waals surface area contributed by atoms with Gasteiger partial charge in [0, 0.05) is 13.6 Å². The molecule has 1 rings (SSSR count). The molecule has 1 aliphatic heterocycles. The van der Waals surface area contributed by atoms with E-state index in [1.165, 1.54) is 4.90 Å². The van der Waals surface area contributed by atoms with Crippen LogP contribution in [0.25, 0.3) is 0 Å². The molecule has 0 saturated carbocycles. The van der Waals surface area contributed by atoms with E-state index in [0.29, 0.717) is 13.0 Å². The molecule has 3 N–H and O–H groups in total. The lowest BCUT2D eigenvalue weighted by molar-refractivity contribution is -0.138. The van der Waals surface area contributed by atoms with Gasteiger partial charge in [0.15, 0.2) is 0 Å². The van der Waals surface area contributed by atoms with Crippen LogP contribution in [0.3, 0.4) is 0 Å². The zero-order valence-electron chi connectivity index (χ0n) is 7.91. The van der Waals surface area contributed by atoms with Crippen LogP contribution in [0.5, 0.6) is 0 Å². The second kappa shape index (κ2) is 3.74. The molecule has 74 valence electrons. The number of amides is 2. The zero-order chi connectivity index (χ0) is 10.0. The van der Waals surface area contributed by atoms with E-state index in [4.69, 9.17) is 5.73 Å². The first-order chi connectivity index (χ1) is 6.04. The van der Waals surface area contributed by atoms with Crippen molar-refractivity contribution in [3.63, 3.8) is 0 Å². The average molecular weight is 185 g/mol. The van der Waals surface area contributed by atoms with Gasteiger partial charge in [0.2, 0.25) is 11.8 Å². The van der Waals surface area contributed by atoms with Crippen molar-refractivity contribution < 1.29 is 9.59 Å². The Labute approximate surface area is 77.3 Å². The summed E-state index contributed by atoms with van der Waals surface area (Å²) in [6.45, 7) is 2.26. The summed E-state index contributed by atoms with van der Waals surface area (Å²) in [5.41, 5.74) is 5.43. The molecule has 0 radical (unpaired) electrons. The Hall–Kier alpha value is -1.10. The molecular formula is C8H15N3O2. The minimum Gasteiger partial charge on any atom is -0.354 e. The lowest BCUT2D eigenvalue weighted by Gasteiger charge is -2.23. The normalized spacial score (nSPS) is 23.9. The molecule has 0 unspecified atom stereocenters. The third-order valence-corrected chi connectivity index (χ3v) is 2.22. The third kappa shape index (κ3) is 1.98. The van der Waals surface area contributed by atoms with E-state index in [9.17, 15) is 9.59 Å². The number of likely N-dealkylation sites (N-methyl/N-ethyl adjacent to an activating group) is 1. The van der Waals surface area contributed by atoms with Crippen molar-refractivity contribution >= 4 is 11.8 Å². The number of nitrogens with one attached hydrogen (secondary N) is 1. The van der Waals surface area contributed by atoms with Crippen molar-refractivity contribution in [1.82, 2.24) is 10.2 Å². The Balaban J connectivity index is 2.61. The highest BCUT2D eigenvalue weighted by Crippen LogP contribution is 2.08. The van der Waals surface area contributed by atoms with Crippen molar-refractivity contribution in [1.29, 1.82) is 0 Å². The molecule has 2 amide bonds. The van der Waals surface area contributed by atoms with Crippen LogP contribution in [0, 0.1) is 0 Å². The van der Waals surface area contributed by atoms with E-state index in [-0.39, 0.29) is 17.9 Å². The first-order valence-electron chi connectivity index (χ1n) is 4.34. The van der Waals surface area contributed by atoms with Crippen LogP contribution in [0.2, 0.25) is 0 Å². The van der Waals surface area contributed by atoms with Crippen LogP contribution in [0.15, 0.2) is 0 Å². The van der Waals surface area contributed by atoms with E-state index in [1.54, 1.807) is 14.0 Å². The van der Waals surface area contributed by atoms with Crippen LogP contribution < -0.4 is 11.1 Å². The Bertz CT molecular complexity index is 227. The number of nitrogens with zero attached hydrogens (tertiary/aromatic N) is 1. The largest absolute Gasteiger partial charge is 0.354 e. The second-order valence-corrected chi connectivity index (χ2v) is 3.33. The van der Waals surface area contributed by atoms with Crippen LogP contribution in [0.1, 0.15) is 13.3 Å². The number of carbonyl (C=O) groups excluding carboxylic acids is 2. The summed E-state index contributed by atoms with van der Waals surface area (Å²) >= 11 is 0. The first-order valence-corrected chi connectivity index (χ1v) is 4.34. The van der Waals surface area contributed by atoms with Gasteiger partial charge in [0.05, 0.1) is 6.04 Å². The summed E-state index contributed by atoms with van der Waals surface area (Å²) in [6.07, 6.45) is 0.674. The minimum absolute atomic E-state index is 0.0866. The molecule has 0 aromatic rings. The van der Waals surface area contributed by atoms with Crippen molar-refractivity contribution in [2.24, 2.45) is 5.73 Å². The monoisotopic (exact) mass is 185 g/mol. The Morgan fingerprint density at radius 3 is 2.77 bits per heavy atom. The van der Waals surface area contributed by atoms with Crippen LogP contribution >= 0.6 is 0 Å². The van der Waals surface area contributed by atoms with Crippen molar-refractivity contribution in [3.8, 4) is 0 Å². The van der Waals surface area contributed by atoms with Crippen LogP contribution in [-0.4, -0.2) is 42.4 Å². The first kappa shape index (κ1) is 9.98. The fourth-order valence-electron chi connectivity index (χ4n) is 1.43. The van der Waals surface area contributed by atoms with Crippen LogP contribution in [-0.2, 0) is 9.59 Å². The van der Waals surface area contributed by atoms with Crippen molar-refractivity contribution in [3.05, 3.63) is 0 Å². The predicted octanol–water partition coefficient (Wildman–Crippen LogP) is -1.32. The summed E-state index contributed by atoms with van der Waals surface area (Å²) < 4.78 is 0. The summed E-state index contributed by atoms with van der Waals surface area (Å²) in [5, 5.41) is 2.67. The summed E-state index contributed by atoms with van der Waals surface area (Å²) in [6, 6.07) is -0.878.